The highest BCUT2D eigenvalue weighted by molar-refractivity contribution is 5.40. The van der Waals surface area contributed by atoms with Gasteiger partial charge in [0, 0.05) is 6.07 Å². The Hall–Kier alpha value is -1.33. The van der Waals surface area contributed by atoms with Crippen molar-refractivity contribution in [2.75, 3.05) is 13.7 Å². The molecule has 0 amide bonds. The third-order valence-electron chi connectivity index (χ3n) is 2.12. The molecule has 2 atom stereocenters. The molecule has 0 heterocycles. The molecule has 0 spiro atoms. The molecule has 0 fully saturated rings. The molecule has 0 bridgehead atoms. The maximum atomic E-state index is 12.9. The number of aliphatic hydroxyl groups is 2. The van der Waals surface area contributed by atoms with E-state index in [1.165, 1.54) is 32.2 Å². The van der Waals surface area contributed by atoms with Gasteiger partial charge in [-0.05, 0) is 19.1 Å². The molecule has 0 saturated carbocycles. The van der Waals surface area contributed by atoms with Gasteiger partial charge in [0.2, 0.25) is 0 Å². The number of hydrogen-bond donors (Lipinski definition) is 2. The molecule has 1 aromatic carbocycles. The minimum Gasteiger partial charge on any atom is -0.493 e. The Morgan fingerprint density at radius 1 is 1.38 bits per heavy atom. The summed E-state index contributed by atoms with van der Waals surface area (Å²) in [6, 6.07) is 3.78. The summed E-state index contributed by atoms with van der Waals surface area (Å²) < 4.78 is 23.1. The highest BCUT2D eigenvalue weighted by Crippen LogP contribution is 2.28. The molecule has 0 radical (unpaired) electrons. The number of methoxy groups -OCH3 is 1. The summed E-state index contributed by atoms with van der Waals surface area (Å²) in [6.45, 7) is 1.16. The van der Waals surface area contributed by atoms with E-state index in [1.807, 2.05) is 0 Å². The van der Waals surface area contributed by atoms with Crippen molar-refractivity contribution in [2.45, 2.75) is 19.1 Å². The van der Waals surface area contributed by atoms with Crippen LogP contribution >= 0.6 is 0 Å². The van der Waals surface area contributed by atoms with Crippen LogP contribution in [0.3, 0.4) is 0 Å². The first-order valence-electron chi connectivity index (χ1n) is 4.87. The number of benzene rings is 1. The van der Waals surface area contributed by atoms with Gasteiger partial charge in [-0.2, -0.15) is 0 Å². The second-order valence-electron chi connectivity index (χ2n) is 3.37. The van der Waals surface area contributed by atoms with Crippen LogP contribution in [0.1, 0.15) is 6.92 Å². The Morgan fingerprint density at radius 3 is 2.56 bits per heavy atom. The van der Waals surface area contributed by atoms with Crippen LogP contribution in [-0.4, -0.2) is 36.1 Å². The zero-order valence-corrected chi connectivity index (χ0v) is 9.18. The molecule has 5 heteroatoms. The zero-order chi connectivity index (χ0) is 12.1. The van der Waals surface area contributed by atoms with Crippen LogP contribution in [0.5, 0.6) is 11.5 Å². The summed E-state index contributed by atoms with van der Waals surface area (Å²) >= 11 is 0. The van der Waals surface area contributed by atoms with Crippen LogP contribution in [-0.2, 0) is 0 Å². The molecular weight excluding hydrogens is 215 g/mol. The van der Waals surface area contributed by atoms with E-state index in [1.54, 1.807) is 0 Å². The van der Waals surface area contributed by atoms with Gasteiger partial charge in [-0.25, -0.2) is 4.39 Å². The smallest absolute Gasteiger partial charge is 0.163 e. The fraction of sp³-hybridized carbons (Fsp3) is 0.455. The van der Waals surface area contributed by atoms with Crippen LogP contribution in [0, 0.1) is 5.82 Å². The lowest BCUT2D eigenvalue weighted by atomic mass is 10.2. The molecule has 0 aliphatic heterocycles. The van der Waals surface area contributed by atoms with E-state index in [-0.39, 0.29) is 18.1 Å². The van der Waals surface area contributed by atoms with Crippen LogP contribution < -0.4 is 9.47 Å². The first-order chi connectivity index (χ1) is 7.58. The number of halogens is 1. The minimum atomic E-state index is -0.834. The SMILES string of the molecule is COc1cc(F)ccc1OC(CO)C(C)O. The summed E-state index contributed by atoms with van der Waals surface area (Å²) in [5.74, 6) is 0.0599. The van der Waals surface area contributed by atoms with Gasteiger partial charge >= 0.3 is 0 Å². The van der Waals surface area contributed by atoms with Crippen molar-refractivity contribution in [3.05, 3.63) is 24.0 Å². The van der Waals surface area contributed by atoms with Crippen molar-refractivity contribution < 1.29 is 24.1 Å². The molecule has 1 rings (SSSR count). The maximum Gasteiger partial charge on any atom is 0.163 e. The molecule has 0 aromatic heterocycles. The fourth-order valence-electron chi connectivity index (χ4n) is 1.19. The predicted octanol–water partition coefficient (Wildman–Crippen LogP) is 0.955. The van der Waals surface area contributed by atoms with Gasteiger partial charge in [-0.15, -0.1) is 0 Å². The van der Waals surface area contributed by atoms with Crippen molar-refractivity contribution in [1.82, 2.24) is 0 Å². The first-order valence-corrected chi connectivity index (χ1v) is 4.87. The second-order valence-corrected chi connectivity index (χ2v) is 3.37. The topological polar surface area (TPSA) is 58.9 Å². The molecule has 1 aromatic rings. The number of aliphatic hydroxyl groups excluding tert-OH is 2. The largest absolute Gasteiger partial charge is 0.493 e. The van der Waals surface area contributed by atoms with Crippen molar-refractivity contribution in [3.8, 4) is 11.5 Å². The van der Waals surface area contributed by atoms with Crippen LogP contribution in [0.25, 0.3) is 0 Å². The maximum absolute atomic E-state index is 12.9. The summed E-state index contributed by atoms with van der Waals surface area (Å²) in [4.78, 5) is 0. The van der Waals surface area contributed by atoms with Crippen LogP contribution in [0.2, 0.25) is 0 Å². The van der Waals surface area contributed by atoms with E-state index in [4.69, 9.17) is 14.6 Å². The first kappa shape index (κ1) is 12.7. The van der Waals surface area contributed by atoms with Gasteiger partial charge in [0.05, 0.1) is 19.8 Å². The summed E-state index contributed by atoms with van der Waals surface area (Å²) in [7, 11) is 1.39. The Morgan fingerprint density at radius 2 is 2.06 bits per heavy atom. The summed E-state index contributed by atoms with van der Waals surface area (Å²) in [6.07, 6.45) is -1.60. The number of rotatable bonds is 5. The fourth-order valence-corrected chi connectivity index (χ4v) is 1.19. The zero-order valence-electron chi connectivity index (χ0n) is 9.18. The molecule has 90 valence electrons. The summed E-state index contributed by atoms with van der Waals surface area (Å²) in [5.41, 5.74) is 0. The second kappa shape index (κ2) is 5.67. The Balaban J connectivity index is 2.87. The Kier molecular flexibility index (Phi) is 4.52. The van der Waals surface area contributed by atoms with E-state index in [0.717, 1.165) is 0 Å². The highest BCUT2D eigenvalue weighted by Gasteiger charge is 2.17. The van der Waals surface area contributed by atoms with Crippen LogP contribution in [0.15, 0.2) is 18.2 Å². The molecule has 4 nitrogen and oxygen atoms in total. The Labute approximate surface area is 93.2 Å². The van der Waals surface area contributed by atoms with Gasteiger partial charge in [0.1, 0.15) is 11.9 Å². The number of ether oxygens (including phenoxy) is 2. The molecule has 16 heavy (non-hydrogen) atoms. The standard InChI is InChI=1S/C11H15FO4/c1-7(14)11(6-13)16-9-4-3-8(12)5-10(9)15-2/h3-5,7,11,13-14H,6H2,1-2H3. The van der Waals surface area contributed by atoms with E-state index in [2.05, 4.69) is 0 Å². The molecular formula is C11H15FO4. The molecule has 0 saturated heterocycles. The van der Waals surface area contributed by atoms with Gasteiger partial charge < -0.3 is 19.7 Å². The van der Waals surface area contributed by atoms with Crippen molar-refractivity contribution >= 4 is 0 Å². The Bertz CT molecular complexity index is 341. The van der Waals surface area contributed by atoms with E-state index in [9.17, 15) is 9.50 Å². The monoisotopic (exact) mass is 230 g/mol. The average Bonchev–Trinajstić information content (AvgIpc) is 2.26. The van der Waals surface area contributed by atoms with Gasteiger partial charge in [0.15, 0.2) is 11.5 Å². The third-order valence-corrected chi connectivity index (χ3v) is 2.12. The van der Waals surface area contributed by atoms with Gasteiger partial charge in [-0.3, -0.25) is 0 Å². The van der Waals surface area contributed by atoms with Crippen LogP contribution in [0.4, 0.5) is 4.39 Å². The molecule has 0 aliphatic rings. The lowest BCUT2D eigenvalue weighted by Crippen LogP contribution is -2.32. The normalized spacial score (nSPS) is 14.3. The predicted molar refractivity (Wildman–Crippen MR) is 56.1 cm³/mol. The quantitative estimate of drug-likeness (QED) is 0.790. The molecule has 2 unspecified atom stereocenters. The lowest BCUT2D eigenvalue weighted by Gasteiger charge is -2.20. The average molecular weight is 230 g/mol. The van der Waals surface area contributed by atoms with Gasteiger partial charge in [0.25, 0.3) is 0 Å². The third kappa shape index (κ3) is 3.08. The van der Waals surface area contributed by atoms with Crippen molar-refractivity contribution in [2.24, 2.45) is 0 Å². The molecule has 2 N–H and O–H groups in total. The van der Waals surface area contributed by atoms with Crippen molar-refractivity contribution in [1.29, 1.82) is 0 Å². The summed E-state index contributed by atoms with van der Waals surface area (Å²) in [5, 5.41) is 18.3. The van der Waals surface area contributed by atoms with E-state index >= 15 is 0 Å². The van der Waals surface area contributed by atoms with Crippen molar-refractivity contribution in [3.63, 3.8) is 0 Å². The lowest BCUT2D eigenvalue weighted by molar-refractivity contribution is 0.0107. The molecule has 0 aliphatic carbocycles. The number of hydrogen-bond acceptors (Lipinski definition) is 4. The van der Waals surface area contributed by atoms with E-state index in [0.29, 0.717) is 0 Å². The minimum absolute atomic E-state index is 0.221. The van der Waals surface area contributed by atoms with Gasteiger partial charge in [-0.1, -0.05) is 0 Å². The van der Waals surface area contributed by atoms with E-state index < -0.39 is 18.0 Å². The highest BCUT2D eigenvalue weighted by atomic mass is 19.1.